The Labute approximate surface area is 141 Å². The molecule has 0 bridgehead atoms. The third kappa shape index (κ3) is 4.14. The molecule has 1 unspecified atom stereocenters. The fraction of sp³-hybridized carbons (Fsp3) is 0.500. The van der Waals surface area contributed by atoms with Crippen molar-refractivity contribution in [2.45, 2.75) is 26.7 Å². The molecule has 0 aromatic heterocycles. The lowest BCUT2D eigenvalue weighted by molar-refractivity contribution is -0.132. The molecule has 2 rings (SSSR count). The smallest absolute Gasteiger partial charge is 0.242 e. The van der Waals surface area contributed by atoms with Gasteiger partial charge in [0.2, 0.25) is 11.8 Å². The van der Waals surface area contributed by atoms with Crippen molar-refractivity contribution in [3.8, 4) is 0 Å². The van der Waals surface area contributed by atoms with Crippen LogP contribution in [0.15, 0.2) is 18.2 Å². The van der Waals surface area contributed by atoms with E-state index in [4.69, 9.17) is 23.2 Å². The lowest BCUT2D eigenvalue weighted by atomic mass is 10.0. The number of hydrogen-bond donors (Lipinski definition) is 0. The van der Waals surface area contributed by atoms with Crippen LogP contribution in [-0.4, -0.2) is 36.3 Å². The fourth-order valence-corrected chi connectivity index (χ4v) is 2.98. The number of hydrogen-bond acceptors (Lipinski definition) is 2. The SMILES string of the molecule is CC(=O)N(CC(=O)N1CCCC(C)C1)c1ccc(Cl)c(Cl)c1. The largest absolute Gasteiger partial charge is 0.341 e. The number of benzene rings is 1. The van der Waals surface area contributed by atoms with E-state index in [9.17, 15) is 9.59 Å². The van der Waals surface area contributed by atoms with E-state index in [-0.39, 0.29) is 18.4 Å². The van der Waals surface area contributed by atoms with E-state index in [0.29, 0.717) is 21.7 Å². The van der Waals surface area contributed by atoms with Crippen LogP contribution < -0.4 is 4.90 Å². The topological polar surface area (TPSA) is 40.6 Å². The summed E-state index contributed by atoms with van der Waals surface area (Å²) in [6.07, 6.45) is 2.16. The van der Waals surface area contributed by atoms with E-state index in [2.05, 4.69) is 6.92 Å². The molecule has 1 saturated heterocycles. The highest BCUT2D eigenvalue weighted by molar-refractivity contribution is 6.42. The molecule has 0 aliphatic carbocycles. The Morgan fingerprint density at radius 1 is 1.32 bits per heavy atom. The van der Waals surface area contributed by atoms with Gasteiger partial charge in [0, 0.05) is 25.7 Å². The first kappa shape index (κ1) is 17.1. The minimum absolute atomic E-state index is 0.0278. The van der Waals surface area contributed by atoms with Crippen molar-refractivity contribution in [1.82, 2.24) is 4.90 Å². The number of carbonyl (C=O) groups excluding carboxylic acids is 2. The number of amides is 2. The lowest BCUT2D eigenvalue weighted by Gasteiger charge is -2.32. The first-order chi connectivity index (χ1) is 10.4. The van der Waals surface area contributed by atoms with E-state index in [1.54, 1.807) is 18.2 Å². The molecule has 1 aliphatic rings. The van der Waals surface area contributed by atoms with Crippen LogP contribution in [0.3, 0.4) is 0 Å². The first-order valence-electron chi connectivity index (χ1n) is 7.39. The molecular weight excluding hydrogens is 323 g/mol. The van der Waals surface area contributed by atoms with Crippen LogP contribution in [0.2, 0.25) is 10.0 Å². The van der Waals surface area contributed by atoms with Gasteiger partial charge in [-0.15, -0.1) is 0 Å². The summed E-state index contributed by atoms with van der Waals surface area (Å²) in [5, 5.41) is 0.787. The van der Waals surface area contributed by atoms with Gasteiger partial charge in [-0.05, 0) is 37.0 Å². The van der Waals surface area contributed by atoms with Crippen LogP contribution in [0.25, 0.3) is 0 Å². The van der Waals surface area contributed by atoms with Crippen molar-refractivity contribution in [2.75, 3.05) is 24.5 Å². The summed E-state index contributed by atoms with van der Waals surface area (Å²) in [4.78, 5) is 27.6. The number of nitrogens with zero attached hydrogens (tertiary/aromatic N) is 2. The summed E-state index contributed by atoms with van der Waals surface area (Å²) in [6, 6.07) is 4.93. The summed E-state index contributed by atoms with van der Waals surface area (Å²) in [5.74, 6) is 0.276. The van der Waals surface area contributed by atoms with Gasteiger partial charge in [-0.1, -0.05) is 30.1 Å². The molecule has 22 heavy (non-hydrogen) atoms. The van der Waals surface area contributed by atoms with Crippen LogP contribution in [0.1, 0.15) is 26.7 Å². The average Bonchev–Trinajstić information content (AvgIpc) is 2.47. The van der Waals surface area contributed by atoms with Crippen LogP contribution in [0.5, 0.6) is 0 Å². The minimum Gasteiger partial charge on any atom is -0.341 e. The third-order valence-corrected chi connectivity index (χ3v) is 4.64. The van der Waals surface area contributed by atoms with Crippen molar-refractivity contribution in [3.63, 3.8) is 0 Å². The normalized spacial score (nSPS) is 18.2. The molecule has 1 fully saturated rings. The van der Waals surface area contributed by atoms with E-state index < -0.39 is 0 Å². The highest BCUT2D eigenvalue weighted by Crippen LogP contribution is 2.27. The van der Waals surface area contributed by atoms with Crippen molar-refractivity contribution in [1.29, 1.82) is 0 Å². The van der Waals surface area contributed by atoms with Crippen molar-refractivity contribution >= 4 is 40.7 Å². The van der Waals surface area contributed by atoms with Crippen molar-refractivity contribution in [3.05, 3.63) is 28.2 Å². The Hall–Kier alpha value is -1.26. The van der Waals surface area contributed by atoms with Gasteiger partial charge in [0.15, 0.2) is 0 Å². The molecule has 1 aromatic rings. The van der Waals surface area contributed by atoms with Gasteiger partial charge in [-0.3, -0.25) is 9.59 Å². The molecular formula is C16H20Cl2N2O2. The van der Waals surface area contributed by atoms with Gasteiger partial charge in [-0.2, -0.15) is 0 Å². The maximum Gasteiger partial charge on any atom is 0.242 e. The van der Waals surface area contributed by atoms with Crippen LogP contribution in [0.4, 0.5) is 5.69 Å². The summed E-state index contributed by atoms with van der Waals surface area (Å²) < 4.78 is 0. The first-order valence-corrected chi connectivity index (χ1v) is 8.15. The van der Waals surface area contributed by atoms with Gasteiger partial charge in [0.05, 0.1) is 10.0 Å². The Kier molecular flexibility index (Phi) is 5.70. The molecule has 2 amide bonds. The van der Waals surface area contributed by atoms with Gasteiger partial charge in [0.1, 0.15) is 6.54 Å². The van der Waals surface area contributed by atoms with E-state index in [1.807, 2.05) is 4.90 Å². The predicted molar refractivity (Wildman–Crippen MR) is 89.5 cm³/mol. The quantitative estimate of drug-likeness (QED) is 0.841. The van der Waals surface area contributed by atoms with Crippen LogP contribution >= 0.6 is 23.2 Å². The molecule has 6 heteroatoms. The summed E-state index contributed by atoms with van der Waals surface area (Å²) in [6.45, 7) is 5.12. The Bertz CT molecular complexity index is 577. The number of halogens is 2. The van der Waals surface area contributed by atoms with Crippen molar-refractivity contribution < 1.29 is 9.59 Å². The van der Waals surface area contributed by atoms with Gasteiger partial charge in [0.25, 0.3) is 0 Å². The highest BCUT2D eigenvalue weighted by atomic mass is 35.5. The molecule has 4 nitrogen and oxygen atoms in total. The average molecular weight is 343 g/mol. The summed E-state index contributed by atoms with van der Waals surface area (Å²) in [5.41, 5.74) is 0.584. The molecule has 1 heterocycles. The van der Waals surface area contributed by atoms with Crippen molar-refractivity contribution in [2.24, 2.45) is 5.92 Å². The standard InChI is InChI=1S/C16H20Cl2N2O2/c1-11-4-3-7-19(9-11)16(22)10-20(12(2)21)13-5-6-14(17)15(18)8-13/h5-6,8,11H,3-4,7,9-10H2,1-2H3. The zero-order valence-electron chi connectivity index (χ0n) is 12.8. The van der Waals surface area contributed by atoms with Crippen LogP contribution in [0, 0.1) is 5.92 Å². The summed E-state index contributed by atoms with van der Waals surface area (Å²) in [7, 11) is 0. The second-order valence-corrected chi connectivity index (χ2v) is 6.61. The third-order valence-electron chi connectivity index (χ3n) is 3.90. The minimum atomic E-state index is -0.197. The second kappa shape index (κ2) is 7.34. The predicted octanol–water partition coefficient (Wildman–Crippen LogP) is 3.60. The number of carbonyl (C=O) groups is 2. The molecule has 0 saturated carbocycles. The summed E-state index contributed by atoms with van der Waals surface area (Å²) >= 11 is 11.9. The molecule has 0 radical (unpaired) electrons. The Morgan fingerprint density at radius 2 is 2.05 bits per heavy atom. The zero-order valence-corrected chi connectivity index (χ0v) is 14.3. The Morgan fingerprint density at radius 3 is 2.64 bits per heavy atom. The molecule has 0 N–H and O–H groups in total. The van der Waals surface area contributed by atoms with Gasteiger partial charge in [-0.25, -0.2) is 0 Å². The van der Waals surface area contributed by atoms with Gasteiger partial charge >= 0.3 is 0 Å². The number of piperidine rings is 1. The van der Waals surface area contributed by atoms with Crippen LogP contribution in [-0.2, 0) is 9.59 Å². The number of rotatable bonds is 3. The maximum absolute atomic E-state index is 12.5. The molecule has 1 atom stereocenters. The molecule has 1 aromatic carbocycles. The zero-order chi connectivity index (χ0) is 16.3. The second-order valence-electron chi connectivity index (χ2n) is 5.79. The molecule has 0 spiro atoms. The van der Waals surface area contributed by atoms with E-state index >= 15 is 0 Å². The van der Waals surface area contributed by atoms with E-state index in [1.165, 1.54) is 11.8 Å². The fourth-order valence-electron chi connectivity index (χ4n) is 2.69. The maximum atomic E-state index is 12.5. The number of likely N-dealkylation sites (tertiary alicyclic amines) is 1. The highest BCUT2D eigenvalue weighted by Gasteiger charge is 2.24. The number of anilines is 1. The molecule has 120 valence electrons. The lowest BCUT2D eigenvalue weighted by Crippen LogP contribution is -2.46. The Balaban J connectivity index is 2.13. The van der Waals surface area contributed by atoms with Gasteiger partial charge < -0.3 is 9.80 Å². The molecule has 1 aliphatic heterocycles. The monoisotopic (exact) mass is 342 g/mol. The van der Waals surface area contributed by atoms with E-state index in [0.717, 1.165) is 25.9 Å².